The second-order valence-corrected chi connectivity index (χ2v) is 3.64. The third-order valence-corrected chi connectivity index (χ3v) is 2.26. The summed E-state index contributed by atoms with van der Waals surface area (Å²) < 4.78 is 2.40. The van der Waals surface area contributed by atoms with Gasteiger partial charge in [0.05, 0.1) is 6.54 Å². The van der Waals surface area contributed by atoms with Crippen molar-refractivity contribution in [2.75, 3.05) is 0 Å². The Morgan fingerprint density at radius 3 is 2.65 bits per heavy atom. The lowest BCUT2D eigenvalue weighted by Crippen LogP contribution is -2.39. The number of hydrogen-bond acceptors (Lipinski definition) is 3. The van der Waals surface area contributed by atoms with Crippen molar-refractivity contribution in [3.8, 4) is 0 Å². The van der Waals surface area contributed by atoms with Gasteiger partial charge in [-0.3, -0.25) is 9.36 Å². The van der Waals surface area contributed by atoms with Crippen molar-refractivity contribution in [2.24, 2.45) is 0 Å². The van der Waals surface area contributed by atoms with Crippen LogP contribution in [0.2, 0.25) is 0 Å². The summed E-state index contributed by atoms with van der Waals surface area (Å²) in [5.74, 6) is -1.10. The minimum atomic E-state index is -1.10. The van der Waals surface area contributed by atoms with Gasteiger partial charge in [-0.15, -0.1) is 0 Å². The lowest BCUT2D eigenvalue weighted by Gasteiger charge is -2.07. The highest BCUT2D eigenvalue weighted by molar-refractivity contribution is 5.80. The molecule has 0 amide bonds. The standard InChI is InChI=1S/C11H14N2O4/c1-3-12-5-4-9(14)13(11(12)17)7-8(2)6-10(15)16/h4-6H,3,7H2,1-2H3,(H,15,16). The van der Waals surface area contributed by atoms with Gasteiger partial charge in [-0.2, -0.15) is 0 Å². The zero-order chi connectivity index (χ0) is 13.0. The van der Waals surface area contributed by atoms with E-state index in [4.69, 9.17) is 5.11 Å². The number of aromatic nitrogens is 2. The van der Waals surface area contributed by atoms with Gasteiger partial charge < -0.3 is 9.67 Å². The van der Waals surface area contributed by atoms with Crippen LogP contribution in [0.4, 0.5) is 0 Å². The Morgan fingerprint density at radius 1 is 1.47 bits per heavy atom. The maximum absolute atomic E-state index is 11.8. The lowest BCUT2D eigenvalue weighted by atomic mass is 10.3. The zero-order valence-electron chi connectivity index (χ0n) is 9.71. The Labute approximate surface area is 97.4 Å². The third kappa shape index (κ3) is 3.17. The highest BCUT2D eigenvalue weighted by Crippen LogP contribution is 1.94. The molecule has 0 aliphatic heterocycles. The second-order valence-electron chi connectivity index (χ2n) is 3.64. The number of carboxylic acid groups (broad SMARTS) is 1. The largest absolute Gasteiger partial charge is 0.478 e. The molecule has 0 radical (unpaired) electrons. The summed E-state index contributed by atoms with van der Waals surface area (Å²) in [5.41, 5.74) is -0.429. The van der Waals surface area contributed by atoms with Gasteiger partial charge in [-0.25, -0.2) is 9.59 Å². The maximum Gasteiger partial charge on any atom is 0.331 e. The molecule has 92 valence electrons. The smallest absolute Gasteiger partial charge is 0.331 e. The number of hydrogen-bond donors (Lipinski definition) is 1. The maximum atomic E-state index is 11.8. The van der Waals surface area contributed by atoms with Gasteiger partial charge >= 0.3 is 11.7 Å². The summed E-state index contributed by atoms with van der Waals surface area (Å²) in [5, 5.41) is 8.55. The van der Waals surface area contributed by atoms with Crippen LogP contribution in [0.5, 0.6) is 0 Å². The highest BCUT2D eigenvalue weighted by atomic mass is 16.4. The molecule has 6 nitrogen and oxygen atoms in total. The Hall–Kier alpha value is -2.11. The molecule has 6 heteroatoms. The summed E-state index contributed by atoms with van der Waals surface area (Å²) in [6.07, 6.45) is 2.41. The minimum Gasteiger partial charge on any atom is -0.478 e. The first-order valence-corrected chi connectivity index (χ1v) is 5.16. The van der Waals surface area contributed by atoms with Crippen LogP contribution in [0.1, 0.15) is 13.8 Å². The van der Waals surface area contributed by atoms with E-state index in [1.165, 1.54) is 16.8 Å². The molecule has 1 aromatic rings. The summed E-state index contributed by atoms with van der Waals surface area (Å²) in [6, 6.07) is 1.29. The van der Waals surface area contributed by atoms with E-state index < -0.39 is 17.2 Å². The van der Waals surface area contributed by atoms with Crippen LogP contribution in [-0.4, -0.2) is 20.2 Å². The van der Waals surface area contributed by atoms with Gasteiger partial charge in [0, 0.05) is 24.9 Å². The number of nitrogens with zero attached hydrogens (tertiary/aromatic N) is 2. The quantitative estimate of drug-likeness (QED) is 0.752. The van der Waals surface area contributed by atoms with E-state index in [2.05, 4.69) is 0 Å². The molecule has 0 unspecified atom stereocenters. The van der Waals surface area contributed by atoms with Crippen LogP contribution in [0, 0.1) is 0 Å². The number of aryl methyl sites for hydroxylation is 1. The Kier molecular flexibility index (Phi) is 4.03. The van der Waals surface area contributed by atoms with Gasteiger partial charge in [0.25, 0.3) is 5.56 Å². The molecular weight excluding hydrogens is 224 g/mol. The predicted molar refractivity (Wildman–Crippen MR) is 62.0 cm³/mol. The van der Waals surface area contributed by atoms with E-state index in [9.17, 15) is 14.4 Å². The van der Waals surface area contributed by atoms with Crippen molar-refractivity contribution in [3.05, 3.63) is 44.8 Å². The van der Waals surface area contributed by atoms with E-state index in [-0.39, 0.29) is 6.54 Å². The predicted octanol–water partition coefficient (Wildman–Crippen LogP) is 0.0608. The first kappa shape index (κ1) is 13.0. The second kappa shape index (κ2) is 5.29. The summed E-state index contributed by atoms with van der Waals surface area (Å²) in [6.45, 7) is 3.80. The molecule has 1 rings (SSSR count). The molecule has 1 aromatic heterocycles. The third-order valence-electron chi connectivity index (χ3n) is 2.26. The van der Waals surface area contributed by atoms with Crippen LogP contribution in [0.15, 0.2) is 33.5 Å². The fraction of sp³-hybridized carbons (Fsp3) is 0.364. The summed E-state index contributed by atoms with van der Waals surface area (Å²) >= 11 is 0. The van der Waals surface area contributed by atoms with E-state index in [1.54, 1.807) is 13.8 Å². The lowest BCUT2D eigenvalue weighted by molar-refractivity contribution is -0.131. The van der Waals surface area contributed by atoms with Crippen molar-refractivity contribution >= 4 is 5.97 Å². The van der Waals surface area contributed by atoms with Crippen LogP contribution < -0.4 is 11.2 Å². The molecule has 0 aliphatic carbocycles. The first-order chi connectivity index (χ1) is 7.95. The molecule has 0 saturated heterocycles. The molecule has 0 aliphatic rings. The molecular formula is C11H14N2O4. The molecule has 0 atom stereocenters. The summed E-state index contributed by atoms with van der Waals surface area (Å²) in [4.78, 5) is 33.7. The number of aliphatic carboxylic acids is 1. The van der Waals surface area contributed by atoms with Crippen LogP contribution >= 0.6 is 0 Å². The molecule has 1 N–H and O–H groups in total. The fourth-order valence-electron chi connectivity index (χ4n) is 1.45. The van der Waals surface area contributed by atoms with Gasteiger partial charge in [-0.1, -0.05) is 0 Å². The normalized spacial score (nSPS) is 11.5. The topological polar surface area (TPSA) is 81.3 Å². The molecule has 0 spiro atoms. The highest BCUT2D eigenvalue weighted by Gasteiger charge is 2.05. The van der Waals surface area contributed by atoms with Crippen molar-refractivity contribution in [1.29, 1.82) is 0 Å². The van der Waals surface area contributed by atoms with Crippen molar-refractivity contribution in [3.63, 3.8) is 0 Å². The van der Waals surface area contributed by atoms with E-state index in [1.807, 2.05) is 0 Å². The van der Waals surface area contributed by atoms with Crippen molar-refractivity contribution in [2.45, 2.75) is 26.9 Å². The van der Waals surface area contributed by atoms with Crippen LogP contribution in [-0.2, 0) is 17.9 Å². The molecule has 0 saturated carbocycles. The SMILES string of the molecule is CCn1ccc(=O)n(CC(C)=CC(=O)O)c1=O. The van der Waals surface area contributed by atoms with Crippen molar-refractivity contribution in [1.82, 2.24) is 9.13 Å². The van der Waals surface area contributed by atoms with Gasteiger partial charge in [0.2, 0.25) is 0 Å². The van der Waals surface area contributed by atoms with E-state index in [0.717, 1.165) is 10.6 Å². The Morgan fingerprint density at radius 2 is 2.12 bits per heavy atom. The Balaban J connectivity index is 3.19. The number of carbonyl (C=O) groups is 1. The van der Waals surface area contributed by atoms with Gasteiger partial charge in [0.1, 0.15) is 0 Å². The molecule has 0 bridgehead atoms. The summed E-state index contributed by atoms with van der Waals surface area (Å²) in [7, 11) is 0. The van der Waals surface area contributed by atoms with E-state index in [0.29, 0.717) is 12.1 Å². The zero-order valence-corrected chi connectivity index (χ0v) is 9.71. The first-order valence-electron chi connectivity index (χ1n) is 5.16. The molecule has 17 heavy (non-hydrogen) atoms. The fourth-order valence-corrected chi connectivity index (χ4v) is 1.45. The van der Waals surface area contributed by atoms with Gasteiger partial charge in [-0.05, 0) is 19.4 Å². The minimum absolute atomic E-state index is 0.00912. The molecule has 1 heterocycles. The van der Waals surface area contributed by atoms with Crippen molar-refractivity contribution < 1.29 is 9.90 Å². The van der Waals surface area contributed by atoms with Crippen LogP contribution in [0.3, 0.4) is 0 Å². The number of rotatable bonds is 4. The average Bonchev–Trinajstić information content (AvgIpc) is 2.23. The van der Waals surface area contributed by atoms with E-state index >= 15 is 0 Å². The monoisotopic (exact) mass is 238 g/mol. The average molecular weight is 238 g/mol. The number of allylic oxidation sites excluding steroid dienone is 1. The molecule has 0 aromatic carbocycles. The van der Waals surface area contributed by atoms with Gasteiger partial charge in [0.15, 0.2) is 0 Å². The Bertz CT molecular complexity index is 566. The number of carboxylic acids is 1. The van der Waals surface area contributed by atoms with Crippen LogP contribution in [0.25, 0.3) is 0 Å². The molecule has 0 fully saturated rings.